The van der Waals surface area contributed by atoms with E-state index in [1.807, 2.05) is 0 Å². The van der Waals surface area contributed by atoms with E-state index < -0.39 is 4.92 Å². The summed E-state index contributed by atoms with van der Waals surface area (Å²) in [5.41, 5.74) is 5.95. The molecule has 0 atom stereocenters. The summed E-state index contributed by atoms with van der Waals surface area (Å²) in [7, 11) is 0. The molecule has 0 saturated carbocycles. The van der Waals surface area contributed by atoms with Gasteiger partial charge in [0.2, 0.25) is 0 Å². The fraction of sp³-hybridized carbons (Fsp3) is 0.200. The van der Waals surface area contributed by atoms with Gasteiger partial charge in [-0.2, -0.15) is 0 Å². The lowest BCUT2D eigenvalue weighted by molar-refractivity contribution is -0.385. The first-order valence-corrected chi connectivity index (χ1v) is 4.29. The summed E-state index contributed by atoms with van der Waals surface area (Å²) in [5.74, 6) is 5.24. The van der Waals surface area contributed by atoms with Crippen LogP contribution >= 0.6 is 0 Å². The zero-order valence-corrected chi connectivity index (χ0v) is 7.93. The van der Waals surface area contributed by atoms with Gasteiger partial charge in [-0.3, -0.25) is 10.1 Å². The number of nitro groups is 1. The summed E-state index contributed by atoms with van der Waals surface area (Å²) in [6.07, 6.45) is 0.293. The minimum absolute atomic E-state index is 0.0598. The van der Waals surface area contributed by atoms with Gasteiger partial charge in [-0.15, -0.1) is 0 Å². The van der Waals surface area contributed by atoms with Crippen LogP contribution in [0.15, 0.2) is 18.2 Å². The number of nitrogens with two attached hydrogens (primary N) is 1. The largest absolute Gasteiger partial charge is 0.399 e. The maximum Gasteiger partial charge on any atom is 0.286 e. The number of nitrogens with zero attached hydrogens (tertiary/aromatic N) is 1. The predicted molar refractivity (Wildman–Crippen MR) is 56.1 cm³/mol. The van der Waals surface area contributed by atoms with Gasteiger partial charge in [-0.1, -0.05) is 11.8 Å². The van der Waals surface area contributed by atoms with E-state index in [1.54, 1.807) is 6.07 Å². The zero-order valence-electron chi connectivity index (χ0n) is 7.93. The molecule has 3 N–H and O–H groups in total. The van der Waals surface area contributed by atoms with Crippen LogP contribution in [-0.2, 0) is 0 Å². The Labute approximate surface area is 86.7 Å². The first-order chi connectivity index (χ1) is 7.15. The van der Waals surface area contributed by atoms with E-state index in [0.29, 0.717) is 17.7 Å². The van der Waals surface area contributed by atoms with Gasteiger partial charge in [0.05, 0.1) is 11.5 Å². The number of aliphatic hydroxyl groups is 1. The molecule has 5 heteroatoms. The Morgan fingerprint density at radius 3 is 2.87 bits per heavy atom. The first-order valence-electron chi connectivity index (χ1n) is 4.29. The monoisotopic (exact) mass is 206 g/mol. The van der Waals surface area contributed by atoms with Gasteiger partial charge in [0, 0.05) is 18.2 Å². The smallest absolute Gasteiger partial charge is 0.286 e. The minimum atomic E-state index is -0.528. The number of aliphatic hydroxyl groups excluding tert-OH is 1. The number of hydrogen-bond acceptors (Lipinski definition) is 4. The number of hydrogen-bond donors (Lipinski definition) is 2. The Morgan fingerprint density at radius 2 is 2.27 bits per heavy atom. The molecule has 0 heterocycles. The van der Waals surface area contributed by atoms with E-state index >= 15 is 0 Å². The van der Waals surface area contributed by atoms with Gasteiger partial charge >= 0.3 is 0 Å². The summed E-state index contributed by atoms with van der Waals surface area (Å²) >= 11 is 0. The van der Waals surface area contributed by atoms with E-state index in [1.165, 1.54) is 12.1 Å². The van der Waals surface area contributed by atoms with Crippen molar-refractivity contribution < 1.29 is 10.0 Å². The van der Waals surface area contributed by atoms with Crippen molar-refractivity contribution in [1.82, 2.24) is 0 Å². The Kier molecular flexibility index (Phi) is 3.66. The summed E-state index contributed by atoms with van der Waals surface area (Å²) in [6, 6.07) is 4.32. The highest BCUT2D eigenvalue weighted by molar-refractivity contribution is 5.58. The van der Waals surface area contributed by atoms with Crippen LogP contribution in [0.1, 0.15) is 12.0 Å². The molecule has 0 unspecified atom stereocenters. The van der Waals surface area contributed by atoms with Gasteiger partial charge in [-0.05, 0) is 12.1 Å². The third-order valence-corrected chi connectivity index (χ3v) is 1.68. The fourth-order valence-corrected chi connectivity index (χ4v) is 1.02. The molecule has 15 heavy (non-hydrogen) atoms. The second kappa shape index (κ2) is 4.98. The predicted octanol–water partition coefficient (Wildman–Crippen LogP) is 0.911. The zero-order chi connectivity index (χ0) is 11.3. The number of nitro benzene ring substituents is 1. The average molecular weight is 206 g/mol. The van der Waals surface area contributed by atoms with Crippen LogP contribution in [0.3, 0.4) is 0 Å². The van der Waals surface area contributed by atoms with Gasteiger partial charge in [0.15, 0.2) is 0 Å². The highest BCUT2D eigenvalue weighted by atomic mass is 16.6. The average Bonchev–Trinajstić information content (AvgIpc) is 2.20. The van der Waals surface area contributed by atoms with Crippen molar-refractivity contribution in [3.05, 3.63) is 33.9 Å². The molecule has 1 rings (SSSR count). The van der Waals surface area contributed by atoms with Crippen molar-refractivity contribution in [1.29, 1.82) is 0 Å². The molecule has 0 spiro atoms. The highest BCUT2D eigenvalue weighted by Crippen LogP contribution is 2.20. The minimum Gasteiger partial charge on any atom is -0.399 e. The van der Waals surface area contributed by atoms with Crippen LogP contribution in [0.2, 0.25) is 0 Å². The van der Waals surface area contributed by atoms with Crippen molar-refractivity contribution >= 4 is 11.4 Å². The Morgan fingerprint density at radius 1 is 1.53 bits per heavy atom. The molecule has 0 aromatic heterocycles. The summed E-state index contributed by atoms with van der Waals surface area (Å²) in [5, 5.41) is 19.2. The van der Waals surface area contributed by atoms with E-state index in [-0.39, 0.29) is 12.3 Å². The van der Waals surface area contributed by atoms with Crippen molar-refractivity contribution in [2.45, 2.75) is 6.42 Å². The molecular formula is C10H10N2O3. The quantitative estimate of drug-likeness (QED) is 0.326. The number of anilines is 1. The van der Waals surface area contributed by atoms with Crippen LogP contribution in [-0.4, -0.2) is 16.6 Å². The molecule has 0 amide bonds. The van der Waals surface area contributed by atoms with E-state index in [2.05, 4.69) is 11.8 Å². The molecule has 1 aromatic carbocycles. The molecule has 0 bridgehead atoms. The summed E-state index contributed by atoms with van der Waals surface area (Å²) in [6.45, 7) is -0.0598. The summed E-state index contributed by atoms with van der Waals surface area (Å²) < 4.78 is 0. The lowest BCUT2D eigenvalue weighted by Crippen LogP contribution is -1.94. The lowest BCUT2D eigenvalue weighted by Gasteiger charge is -1.96. The summed E-state index contributed by atoms with van der Waals surface area (Å²) in [4.78, 5) is 10.1. The normalized spacial score (nSPS) is 9.13. The molecule has 1 aromatic rings. The highest BCUT2D eigenvalue weighted by Gasteiger charge is 2.11. The molecule has 0 aliphatic carbocycles. The third kappa shape index (κ3) is 2.97. The van der Waals surface area contributed by atoms with Crippen molar-refractivity contribution in [2.24, 2.45) is 0 Å². The molecule has 0 aliphatic rings. The third-order valence-electron chi connectivity index (χ3n) is 1.68. The molecule has 0 fully saturated rings. The first kappa shape index (κ1) is 11.0. The topological polar surface area (TPSA) is 89.4 Å². The second-order valence-corrected chi connectivity index (χ2v) is 2.81. The van der Waals surface area contributed by atoms with E-state index in [0.717, 1.165) is 0 Å². The van der Waals surface area contributed by atoms with Gasteiger partial charge in [0.1, 0.15) is 5.56 Å². The number of nitrogen functional groups attached to an aromatic ring is 1. The van der Waals surface area contributed by atoms with Crippen LogP contribution in [0.4, 0.5) is 11.4 Å². The van der Waals surface area contributed by atoms with Crippen LogP contribution in [0, 0.1) is 22.0 Å². The van der Waals surface area contributed by atoms with Crippen molar-refractivity contribution in [3.63, 3.8) is 0 Å². The van der Waals surface area contributed by atoms with Crippen LogP contribution in [0.5, 0.6) is 0 Å². The number of rotatable bonds is 2. The molecule has 0 aliphatic heterocycles. The van der Waals surface area contributed by atoms with Gasteiger partial charge in [-0.25, -0.2) is 0 Å². The van der Waals surface area contributed by atoms with Crippen LogP contribution in [0.25, 0.3) is 0 Å². The van der Waals surface area contributed by atoms with Crippen molar-refractivity contribution in [2.75, 3.05) is 12.3 Å². The van der Waals surface area contributed by atoms with E-state index in [9.17, 15) is 10.1 Å². The maximum absolute atomic E-state index is 10.6. The second-order valence-electron chi connectivity index (χ2n) is 2.81. The standard InChI is InChI=1S/C10H10N2O3/c11-9-5-4-8(3-1-2-6-13)10(7-9)12(14)15/h4-5,7,13H,2,6,11H2. The van der Waals surface area contributed by atoms with Crippen molar-refractivity contribution in [3.8, 4) is 11.8 Å². The Hall–Kier alpha value is -2.06. The maximum atomic E-state index is 10.6. The lowest BCUT2D eigenvalue weighted by atomic mass is 10.1. The van der Waals surface area contributed by atoms with Gasteiger partial charge < -0.3 is 10.8 Å². The fourth-order valence-electron chi connectivity index (χ4n) is 1.02. The molecule has 0 saturated heterocycles. The van der Waals surface area contributed by atoms with E-state index in [4.69, 9.17) is 10.8 Å². The SMILES string of the molecule is Nc1ccc(C#CCCO)c([N+](=O)[O-])c1. The molecule has 78 valence electrons. The molecule has 0 radical (unpaired) electrons. The molecular weight excluding hydrogens is 196 g/mol. The molecule has 5 nitrogen and oxygen atoms in total. The Bertz CT molecular complexity index is 432. The van der Waals surface area contributed by atoms with Crippen LogP contribution < -0.4 is 5.73 Å². The number of benzene rings is 1. The van der Waals surface area contributed by atoms with Gasteiger partial charge in [0.25, 0.3) is 5.69 Å². The Balaban J connectivity index is 3.08.